The van der Waals surface area contributed by atoms with Gasteiger partial charge in [0.15, 0.2) is 0 Å². The van der Waals surface area contributed by atoms with Gasteiger partial charge in [-0.3, -0.25) is 4.79 Å². The van der Waals surface area contributed by atoms with Gasteiger partial charge in [-0.1, -0.05) is 31.3 Å². The van der Waals surface area contributed by atoms with Crippen LogP contribution in [0.3, 0.4) is 0 Å². The molecule has 116 valence electrons. The first kappa shape index (κ1) is 17.9. The summed E-state index contributed by atoms with van der Waals surface area (Å²) in [6, 6.07) is 4.37. The molecule has 1 aromatic rings. The van der Waals surface area contributed by atoms with E-state index in [1.54, 1.807) is 6.92 Å². The molecular weight excluding hydrogens is 356 g/mol. The Labute approximate surface area is 148 Å². The normalized spacial score (nSPS) is 26.7. The smallest absolute Gasteiger partial charge is 0.214 e. The lowest BCUT2D eigenvalue weighted by molar-refractivity contribution is -0.107. The topological polar surface area (TPSA) is 17.1 Å². The molecule has 2 heterocycles. The molecule has 1 aliphatic rings. The van der Waals surface area contributed by atoms with Gasteiger partial charge in [0, 0.05) is 21.6 Å². The van der Waals surface area contributed by atoms with Crippen LogP contribution in [0.25, 0.3) is 0 Å². The molecule has 0 amide bonds. The lowest BCUT2D eigenvalue weighted by Gasteiger charge is -2.21. The average molecular weight is 377 g/mol. The minimum Gasteiger partial charge on any atom is -0.282 e. The number of rotatable bonds is 6. The molecule has 1 saturated heterocycles. The highest BCUT2D eigenvalue weighted by Crippen LogP contribution is 2.58. The largest absolute Gasteiger partial charge is 0.282 e. The van der Waals surface area contributed by atoms with Crippen molar-refractivity contribution >= 4 is 63.5 Å². The molecule has 1 aliphatic heterocycles. The third kappa shape index (κ3) is 4.99. The van der Waals surface area contributed by atoms with Crippen molar-refractivity contribution in [3.05, 3.63) is 34.5 Å². The van der Waals surface area contributed by atoms with Gasteiger partial charge >= 0.3 is 0 Å². The predicted molar refractivity (Wildman–Crippen MR) is 105 cm³/mol. The molecule has 0 bridgehead atoms. The quantitative estimate of drug-likeness (QED) is 0.592. The summed E-state index contributed by atoms with van der Waals surface area (Å²) in [5.74, 6) is 2.19. The monoisotopic (exact) mass is 376 g/mol. The van der Waals surface area contributed by atoms with Gasteiger partial charge in [0.05, 0.1) is 8.66 Å². The van der Waals surface area contributed by atoms with Gasteiger partial charge < -0.3 is 0 Å². The van der Waals surface area contributed by atoms with E-state index in [4.69, 9.17) is 0 Å². The zero-order chi connectivity index (χ0) is 15.5. The maximum atomic E-state index is 11.7. The second-order valence-corrected chi connectivity index (χ2v) is 12.3. The first-order valence-corrected chi connectivity index (χ1v) is 11.4. The number of hydrogen-bond donors (Lipinski definition) is 0. The Morgan fingerprint density at radius 2 is 2.38 bits per heavy atom. The lowest BCUT2D eigenvalue weighted by Crippen LogP contribution is -2.10. The molecule has 0 radical (unpaired) electrons. The molecule has 21 heavy (non-hydrogen) atoms. The van der Waals surface area contributed by atoms with Gasteiger partial charge in [-0.25, -0.2) is 0 Å². The van der Waals surface area contributed by atoms with Gasteiger partial charge in [-0.15, -0.1) is 46.6 Å². The number of hydrogen-bond acceptors (Lipinski definition) is 6. The highest BCUT2D eigenvalue weighted by Gasteiger charge is 2.39. The second-order valence-electron chi connectivity index (χ2n) is 5.11. The van der Waals surface area contributed by atoms with Crippen molar-refractivity contribution < 1.29 is 4.79 Å². The van der Waals surface area contributed by atoms with Gasteiger partial charge in [0.1, 0.15) is 0 Å². The van der Waals surface area contributed by atoms with Crippen molar-refractivity contribution in [3.63, 3.8) is 0 Å². The number of carbonyl (C=O) groups is 1. The van der Waals surface area contributed by atoms with E-state index in [0.717, 1.165) is 5.75 Å². The summed E-state index contributed by atoms with van der Waals surface area (Å²) in [5.41, 5.74) is 0.646. The molecule has 3 atom stereocenters. The summed E-state index contributed by atoms with van der Waals surface area (Å²) in [4.78, 5) is 13.1. The Hall–Kier alpha value is 0.510. The molecule has 0 spiro atoms. The first-order chi connectivity index (χ1) is 9.90. The Bertz CT molecular complexity index is 498. The fourth-order valence-corrected chi connectivity index (χ4v) is 9.21. The predicted octanol–water partition coefficient (Wildman–Crippen LogP) is 5.68. The number of thioether (sulfide) groups is 4. The summed E-state index contributed by atoms with van der Waals surface area (Å²) in [6.07, 6.45) is 0. The van der Waals surface area contributed by atoms with E-state index in [2.05, 4.69) is 49.7 Å². The fraction of sp³-hybridized carbons (Fsp3) is 0.533. The summed E-state index contributed by atoms with van der Waals surface area (Å²) >= 11 is 9.36. The molecule has 6 heteroatoms. The highest BCUT2D eigenvalue weighted by molar-refractivity contribution is 8.28. The van der Waals surface area contributed by atoms with Crippen LogP contribution in [0.2, 0.25) is 0 Å². The fourth-order valence-electron chi connectivity index (χ4n) is 1.85. The summed E-state index contributed by atoms with van der Waals surface area (Å²) < 4.78 is 0.820. The zero-order valence-electron chi connectivity index (χ0n) is 12.5. The van der Waals surface area contributed by atoms with Crippen LogP contribution >= 0.6 is 58.4 Å². The van der Waals surface area contributed by atoms with Crippen LogP contribution < -0.4 is 0 Å². The molecule has 0 N–H and O–H groups in total. The summed E-state index contributed by atoms with van der Waals surface area (Å²) in [5, 5.41) is 2.63. The summed E-state index contributed by atoms with van der Waals surface area (Å²) in [7, 11) is 0. The molecule has 0 saturated carbocycles. The van der Waals surface area contributed by atoms with Crippen molar-refractivity contribution in [2.24, 2.45) is 0 Å². The minimum atomic E-state index is 0.125. The van der Waals surface area contributed by atoms with E-state index in [1.807, 2.05) is 34.9 Å². The van der Waals surface area contributed by atoms with Crippen LogP contribution in [-0.4, -0.2) is 26.5 Å². The van der Waals surface area contributed by atoms with Crippen LogP contribution in [-0.2, 0) is 8.87 Å². The van der Waals surface area contributed by atoms with Gasteiger partial charge in [-0.2, -0.15) is 0 Å². The van der Waals surface area contributed by atoms with Crippen LogP contribution in [0.15, 0.2) is 29.7 Å². The molecule has 3 unspecified atom stereocenters. The first-order valence-electron chi connectivity index (χ1n) is 6.74. The van der Waals surface area contributed by atoms with E-state index < -0.39 is 0 Å². The average Bonchev–Trinajstić information content (AvgIpc) is 3.06. The SMILES string of the molecule is C=C(C)C(=O)SC(C)CSC1CSC(C)(c2cccs2)S1. The standard InChI is InChI=1S/C15H20OS5/c1-10(2)14(16)20-11(3)8-18-13-9-19-15(4,21-13)12-6-5-7-17-12/h5-7,11,13H,1,8-9H2,2-4H3. The number of thiophene rings is 1. The van der Waals surface area contributed by atoms with Crippen LogP contribution in [0.5, 0.6) is 0 Å². The van der Waals surface area contributed by atoms with Crippen molar-refractivity contribution in [2.75, 3.05) is 11.5 Å². The van der Waals surface area contributed by atoms with Crippen LogP contribution in [0.1, 0.15) is 25.6 Å². The van der Waals surface area contributed by atoms with Gasteiger partial charge in [-0.05, 0) is 30.9 Å². The summed E-state index contributed by atoms with van der Waals surface area (Å²) in [6.45, 7) is 9.95. The maximum Gasteiger partial charge on any atom is 0.214 e. The lowest BCUT2D eigenvalue weighted by atomic mass is 10.4. The van der Waals surface area contributed by atoms with Gasteiger partial charge in [0.25, 0.3) is 0 Å². The Balaban J connectivity index is 1.78. The van der Waals surface area contributed by atoms with Crippen molar-refractivity contribution in [2.45, 2.75) is 34.7 Å². The Kier molecular flexibility index (Phi) is 6.69. The Morgan fingerprint density at radius 3 is 3.00 bits per heavy atom. The highest BCUT2D eigenvalue weighted by atomic mass is 32.2. The van der Waals surface area contributed by atoms with E-state index in [-0.39, 0.29) is 9.19 Å². The third-order valence-corrected chi connectivity index (χ3v) is 11.0. The van der Waals surface area contributed by atoms with Crippen molar-refractivity contribution in [3.8, 4) is 0 Å². The van der Waals surface area contributed by atoms with E-state index in [0.29, 0.717) is 15.4 Å². The molecule has 1 fully saturated rings. The second kappa shape index (κ2) is 7.86. The maximum absolute atomic E-state index is 11.7. The molecule has 0 aliphatic carbocycles. The van der Waals surface area contributed by atoms with Crippen molar-refractivity contribution in [1.29, 1.82) is 0 Å². The zero-order valence-corrected chi connectivity index (χ0v) is 16.5. The third-order valence-electron chi connectivity index (χ3n) is 2.99. The molecule has 0 aromatic carbocycles. The molecule has 1 aromatic heterocycles. The molecule has 2 rings (SSSR count). The van der Waals surface area contributed by atoms with E-state index in [9.17, 15) is 4.79 Å². The molecular formula is C15H20OS5. The van der Waals surface area contributed by atoms with Gasteiger partial charge in [0.2, 0.25) is 5.12 Å². The number of carbonyl (C=O) groups excluding carboxylic acids is 1. The Morgan fingerprint density at radius 1 is 1.62 bits per heavy atom. The van der Waals surface area contributed by atoms with Crippen LogP contribution in [0, 0.1) is 0 Å². The minimum absolute atomic E-state index is 0.125. The molecule has 1 nitrogen and oxygen atoms in total. The van der Waals surface area contributed by atoms with Crippen molar-refractivity contribution in [1.82, 2.24) is 0 Å². The van der Waals surface area contributed by atoms with E-state index in [1.165, 1.54) is 22.4 Å². The van der Waals surface area contributed by atoms with E-state index >= 15 is 0 Å². The van der Waals surface area contributed by atoms with Crippen LogP contribution in [0.4, 0.5) is 0 Å².